The molecule has 2 rings (SSSR count). The van der Waals surface area contributed by atoms with Gasteiger partial charge in [-0.2, -0.15) is 0 Å². The molecule has 2 fully saturated rings. The van der Waals surface area contributed by atoms with Crippen molar-refractivity contribution in [3.63, 3.8) is 0 Å². The maximum atomic E-state index is 5.90. The van der Waals surface area contributed by atoms with Crippen LogP contribution in [0.4, 0.5) is 0 Å². The maximum Gasteiger partial charge on any atom is 0.0874 e. The minimum Gasteiger partial charge on any atom is -0.381 e. The van der Waals surface area contributed by atoms with Crippen LogP contribution in [0.1, 0.15) is 45.4 Å². The van der Waals surface area contributed by atoms with E-state index in [-0.39, 0.29) is 5.60 Å². The molecule has 0 amide bonds. The van der Waals surface area contributed by atoms with E-state index in [1.165, 1.54) is 25.7 Å². The monoisotopic (exact) mass is 241 g/mol. The highest BCUT2D eigenvalue weighted by atomic mass is 16.5. The second kappa shape index (κ2) is 6.17. The first-order chi connectivity index (χ1) is 8.30. The van der Waals surface area contributed by atoms with Crippen LogP contribution in [-0.4, -0.2) is 38.5 Å². The third-order valence-corrected chi connectivity index (χ3v) is 4.39. The van der Waals surface area contributed by atoms with Gasteiger partial charge in [0, 0.05) is 39.2 Å². The molecule has 100 valence electrons. The number of ether oxygens (including phenoxy) is 2. The first kappa shape index (κ1) is 13.3. The Bertz CT molecular complexity index is 222. The fourth-order valence-electron chi connectivity index (χ4n) is 3.02. The van der Waals surface area contributed by atoms with E-state index in [0.717, 1.165) is 38.5 Å². The average Bonchev–Trinajstić information content (AvgIpc) is 3.19. The van der Waals surface area contributed by atoms with Crippen LogP contribution >= 0.6 is 0 Å². The first-order valence-corrected chi connectivity index (χ1v) is 7.17. The average molecular weight is 241 g/mol. The molecule has 1 aliphatic heterocycles. The molecule has 1 saturated heterocycles. The molecule has 1 aliphatic carbocycles. The van der Waals surface area contributed by atoms with Crippen molar-refractivity contribution in [3.8, 4) is 0 Å². The Hall–Kier alpha value is -0.120. The molecular weight excluding hydrogens is 214 g/mol. The highest BCUT2D eigenvalue weighted by Crippen LogP contribution is 2.37. The van der Waals surface area contributed by atoms with Crippen LogP contribution in [0.2, 0.25) is 0 Å². The molecule has 1 heterocycles. The number of hydrogen-bond donors (Lipinski definition) is 1. The second-order valence-electron chi connectivity index (χ2n) is 5.51. The molecule has 3 heteroatoms. The van der Waals surface area contributed by atoms with Crippen LogP contribution in [0.3, 0.4) is 0 Å². The Kier molecular flexibility index (Phi) is 4.83. The highest BCUT2D eigenvalue weighted by molar-refractivity contribution is 4.95. The largest absolute Gasteiger partial charge is 0.381 e. The summed E-state index contributed by atoms with van der Waals surface area (Å²) in [5.74, 6) is 1.00. The summed E-state index contributed by atoms with van der Waals surface area (Å²) in [6.45, 7) is 4.91. The fraction of sp³-hybridized carbons (Fsp3) is 1.00. The predicted molar refractivity (Wildman–Crippen MR) is 69.2 cm³/mol. The van der Waals surface area contributed by atoms with Crippen molar-refractivity contribution in [1.29, 1.82) is 0 Å². The summed E-state index contributed by atoms with van der Waals surface area (Å²) in [6.07, 6.45) is 7.58. The van der Waals surface area contributed by atoms with Gasteiger partial charge in [-0.05, 0) is 25.3 Å². The van der Waals surface area contributed by atoms with Crippen LogP contribution in [0.15, 0.2) is 0 Å². The molecule has 0 radical (unpaired) electrons. The number of likely N-dealkylation sites (N-methyl/N-ethyl adjacent to an activating group) is 1. The van der Waals surface area contributed by atoms with E-state index in [0.29, 0.717) is 6.04 Å². The van der Waals surface area contributed by atoms with Gasteiger partial charge in [-0.15, -0.1) is 0 Å². The third-order valence-electron chi connectivity index (χ3n) is 4.39. The summed E-state index contributed by atoms with van der Waals surface area (Å²) in [6, 6.07) is 0.502. The van der Waals surface area contributed by atoms with E-state index < -0.39 is 0 Å². The predicted octanol–water partition coefficient (Wildman–Crippen LogP) is 2.35. The molecule has 0 bridgehead atoms. The summed E-state index contributed by atoms with van der Waals surface area (Å²) in [5.41, 5.74) is 0.0170. The Morgan fingerprint density at radius 2 is 2.06 bits per heavy atom. The number of nitrogens with one attached hydrogen (secondary N) is 1. The smallest absolute Gasteiger partial charge is 0.0874 e. The van der Waals surface area contributed by atoms with Crippen molar-refractivity contribution in [2.24, 2.45) is 5.92 Å². The summed E-state index contributed by atoms with van der Waals surface area (Å²) in [5, 5.41) is 3.65. The van der Waals surface area contributed by atoms with Crippen molar-refractivity contribution in [1.82, 2.24) is 5.32 Å². The van der Waals surface area contributed by atoms with Gasteiger partial charge in [-0.3, -0.25) is 0 Å². The lowest BCUT2D eigenvalue weighted by atomic mass is 9.83. The lowest BCUT2D eigenvalue weighted by Crippen LogP contribution is -2.55. The van der Waals surface area contributed by atoms with E-state index in [4.69, 9.17) is 9.47 Å². The van der Waals surface area contributed by atoms with Gasteiger partial charge in [0.1, 0.15) is 0 Å². The van der Waals surface area contributed by atoms with Gasteiger partial charge in [0.2, 0.25) is 0 Å². The number of hydrogen-bond acceptors (Lipinski definition) is 3. The van der Waals surface area contributed by atoms with Gasteiger partial charge in [0.05, 0.1) is 5.60 Å². The molecule has 1 N–H and O–H groups in total. The molecule has 0 aromatic heterocycles. The van der Waals surface area contributed by atoms with Crippen LogP contribution in [0.25, 0.3) is 0 Å². The van der Waals surface area contributed by atoms with Crippen molar-refractivity contribution in [2.45, 2.75) is 57.1 Å². The zero-order chi connectivity index (χ0) is 12.1. The number of methoxy groups -OCH3 is 1. The standard InChI is InChI=1S/C14H27NO2/c1-3-15-13(7-6-12-4-5-12)14(16-2)8-10-17-11-9-14/h12-13,15H,3-11H2,1-2H3. The Balaban J connectivity index is 1.93. The van der Waals surface area contributed by atoms with Gasteiger partial charge in [0.25, 0.3) is 0 Å². The minimum atomic E-state index is 0.0170. The van der Waals surface area contributed by atoms with E-state index >= 15 is 0 Å². The normalized spacial score (nSPS) is 25.8. The molecule has 3 nitrogen and oxygen atoms in total. The lowest BCUT2D eigenvalue weighted by Gasteiger charge is -2.42. The summed E-state index contributed by atoms with van der Waals surface area (Å²) >= 11 is 0. The zero-order valence-electron chi connectivity index (χ0n) is 11.3. The summed E-state index contributed by atoms with van der Waals surface area (Å²) in [7, 11) is 1.87. The lowest BCUT2D eigenvalue weighted by molar-refractivity contribution is -0.111. The van der Waals surface area contributed by atoms with Gasteiger partial charge in [-0.1, -0.05) is 19.8 Å². The van der Waals surface area contributed by atoms with Crippen LogP contribution in [-0.2, 0) is 9.47 Å². The molecular formula is C14H27NO2. The molecule has 1 saturated carbocycles. The second-order valence-corrected chi connectivity index (χ2v) is 5.51. The minimum absolute atomic E-state index is 0.0170. The summed E-state index contributed by atoms with van der Waals surface area (Å²) in [4.78, 5) is 0. The maximum absolute atomic E-state index is 5.90. The SMILES string of the molecule is CCNC(CCC1CC1)C1(OC)CCOCC1. The molecule has 0 aromatic carbocycles. The molecule has 0 spiro atoms. The molecule has 1 unspecified atom stereocenters. The van der Waals surface area contributed by atoms with Gasteiger partial charge >= 0.3 is 0 Å². The molecule has 2 aliphatic rings. The van der Waals surface area contributed by atoms with E-state index in [9.17, 15) is 0 Å². The third kappa shape index (κ3) is 3.43. The van der Waals surface area contributed by atoms with Crippen LogP contribution in [0.5, 0.6) is 0 Å². The van der Waals surface area contributed by atoms with Crippen molar-refractivity contribution in [2.75, 3.05) is 26.9 Å². The molecule has 17 heavy (non-hydrogen) atoms. The fourth-order valence-corrected chi connectivity index (χ4v) is 3.02. The zero-order valence-corrected chi connectivity index (χ0v) is 11.3. The van der Waals surface area contributed by atoms with Crippen molar-refractivity contribution >= 4 is 0 Å². The van der Waals surface area contributed by atoms with E-state index in [2.05, 4.69) is 12.2 Å². The van der Waals surface area contributed by atoms with Crippen LogP contribution in [0, 0.1) is 5.92 Å². The van der Waals surface area contributed by atoms with Crippen molar-refractivity contribution in [3.05, 3.63) is 0 Å². The van der Waals surface area contributed by atoms with E-state index in [1.54, 1.807) is 0 Å². The van der Waals surface area contributed by atoms with Crippen molar-refractivity contribution < 1.29 is 9.47 Å². The Labute approximate surface area is 105 Å². The highest BCUT2D eigenvalue weighted by Gasteiger charge is 2.40. The Morgan fingerprint density at radius 3 is 2.59 bits per heavy atom. The topological polar surface area (TPSA) is 30.5 Å². The Morgan fingerprint density at radius 1 is 1.35 bits per heavy atom. The van der Waals surface area contributed by atoms with Crippen LogP contribution < -0.4 is 5.32 Å². The van der Waals surface area contributed by atoms with Gasteiger partial charge in [-0.25, -0.2) is 0 Å². The first-order valence-electron chi connectivity index (χ1n) is 7.17. The van der Waals surface area contributed by atoms with Gasteiger partial charge < -0.3 is 14.8 Å². The molecule has 0 aromatic rings. The molecule has 1 atom stereocenters. The quantitative estimate of drug-likeness (QED) is 0.742. The number of rotatable bonds is 7. The van der Waals surface area contributed by atoms with E-state index in [1.807, 2.05) is 7.11 Å². The summed E-state index contributed by atoms with van der Waals surface area (Å²) < 4.78 is 11.4. The van der Waals surface area contributed by atoms with Gasteiger partial charge in [0.15, 0.2) is 0 Å².